The molecule has 0 atom stereocenters. The number of fused-ring (bicyclic) bond motifs is 1. The Bertz CT molecular complexity index is 1210. The minimum absolute atomic E-state index is 0.0968. The van der Waals surface area contributed by atoms with Gasteiger partial charge in [0.15, 0.2) is 0 Å². The van der Waals surface area contributed by atoms with Crippen molar-refractivity contribution in [1.29, 1.82) is 0 Å². The number of alkyl halides is 3. The molecule has 9 heteroatoms. The minimum atomic E-state index is -4.53. The van der Waals surface area contributed by atoms with Gasteiger partial charge in [-0.15, -0.1) is 0 Å². The van der Waals surface area contributed by atoms with Crippen molar-refractivity contribution >= 4 is 10.9 Å². The molecule has 3 rings (SSSR count). The minimum Gasteiger partial charge on any atom is -0.495 e. The molecule has 1 saturated heterocycles. The first kappa shape index (κ1) is 28.4. The van der Waals surface area contributed by atoms with Gasteiger partial charge in [0.25, 0.3) is 0 Å². The number of benzene rings is 1. The number of hydrogen-bond donors (Lipinski definition) is 2. The van der Waals surface area contributed by atoms with Crippen molar-refractivity contribution in [2.24, 2.45) is 0 Å². The van der Waals surface area contributed by atoms with Gasteiger partial charge in [0.05, 0.1) is 30.6 Å². The Kier molecular flexibility index (Phi) is 9.84. The van der Waals surface area contributed by atoms with Gasteiger partial charge in [-0.05, 0) is 81.7 Å². The first-order valence-corrected chi connectivity index (χ1v) is 12.2. The predicted octanol–water partition coefficient (Wildman–Crippen LogP) is 5.09. The average Bonchev–Trinajstić information content (AvgIpc) is 3.18. The average molecular weight is 519 g/mol. The largest absolute Gasteiger partial charge is 0.495 e. The van der Waals surface area contributed by atoms with Crippen molar-refractivity contribution < 1.29 is 22.3 Å². The Morgan fingerprint density at radius 3 is 2.59 bits per heavy atom. The lowest BCUT2D eigenvalue weighted by atomic mass is 10.0. The fourth-order valence-electron chi connectivity index (χ4n) is 4.45. The third kappa shape index (κ3) is 7.88. The molecular formula is C28H34F4N4O. The SMILES string of the molecule is C=C/C=C(NCC#Cc1cc2cc(CNC3CCN(C)CC3)cc(F)c2n1CC(F)(F)F)\C(=C/C)OC. The molecule has 1 aliphatic rings. The fraction of sp³-hybridized carbons (Fsp3) is 0.429. The van der Waals surface area contributed by atoms with Crippen LogP contribution in [0.4, 0.5) is 17.6 Å². The van der Waals surface area contributed by atoms with Gasteiger partial charge in [-0.3, -0.25) is 0 Å². The number of nitrogens with one attached hydrogen (secondary N) is 2. The second-order valence-electron chi connectivity index (χ2n) is 9.03. The molecule has 0 aliphatic carbocycles. The Morgan fingerprint density at radius 2 is 1.97 bits per heavy atom. The van der Waals surface area contributed by atoms with E-state index >= 15 is 4.39 Å². The zero-order valence-corrected chi connectivity index (χ0v) is 21.5. The molecule has 0 bridgehead atoms. The summed E-state index contributed by atoms with van der Waals surface area (Å²) < 4.78 is 61.5. The van der Waals surface area contributed by atoms with E-state index < -0.39 is 18.5 Å². The van der Waals surface area contributed by atoms with Crippen LogP contribution in [0.3, 0.4) is 0 Å². The molecular weight excluding hydrogens is 484 g/mol. The number of aromatic nitrogens is 1. The lowest BCUT2D eigenvalue weighted by molar-refractivity contribution is -0.140. The number of nitrogens with zero attached hydrogens (tertiary/aromatic N) is 2. The summed E-state index contributed by atoms with van der Waals surface area (Å²) in [4.78, 5) is 2.26. The van der Waals surface area contributed by atoms with Crippen LogP contribution in [0.25, 0.3) is 10.9 Å². The summed E-state index contributed by atoms with van der Waals surface area (Å²) in [6, 6.07) is 4.90. The summed E-state index contributed by atoms with van der Waals surface area (Å²) in [5.74, 6) is 5.51. The molecule has 1 fully saturated rings. The Labute approximate surface area is 215 Å². The summed E-state index contributed by atoms with van der Waals surface area (Å²) >= 11 is 0. The number of halogens is 4. The lowest BCUT2D eigenvalue weighted by Gasteiger charge is -2.29. The van der Waals surface area contributed by atoms with Crippen LogP contribution in [0.1, 0.15) is 31.0 Å². The third-order valence-electron chi connectivity index (χ3n) is 6.27. The van der Waals surface area contributed by atoms with Crippen molar-refractivity contribution in [3.8, 4) is 11.8 Å². The second kappa shape index (κ2) is 12.8. The van der Waals surface area contributed by atoms with Crippen LogP contribution in [-0.2, 0) is 17.8 Å². The van der Waals surface area contributed by atoms with E-state index in [0.717, 1.165) is 30.5 Å². The standard InChI is InChI=1S/C28H34F4N4O/c1-5-8-25(26(6-2)37-4)33-12-7-9-23-17-21-15-20(18-34-22-10-13-35(3)14-11-22)16-24(29)27(21)36(23)19-28(30,31)32/h5-6,8,15-17,22,33-34H,1,10-14,18-19H2,2-4H3/b25-8+,26-6+. The maximum atomic E-state index is 15.1. The second-order valence-corrected chi connectivity index (χ2v) is 9.03. The highest BCUT2D eigenvalue weighted by molar-refractivity contribution is 5.84. The molecule has 0 unspecified atom stereocenters. The van der Waals surface area contributed by atoms with Crippen LogP contribution >= 0.6 is 0 Å². The summed E-state index contributed by atoms with van der Waals surface area (Å²) in [5.41, 5.74) is 1.33. The van der Waals surface area contributed by atoms with Crippen LogP contribution in [0, 0.1) is 17.7 Å². The van der Waals surface area contributed by atoms with Crippen LogP contribution < -0.4 is 10.6 Å². The Morgan fingerprint density at radius 1 is 1.24 bits per heavy atom. The van der Waals surface area contributed by atoms with Crippen LogP contribution in [-0.4, -0.2) is 55.5 Å². The highest BCUT2D eigenvalue weighted by atomic mass is 19.4. The molecule has 1 aromatic heterocycles. The van der Waals surface area contributed by atoms with Crippen molar-refractivity contribution in [3.05, 3.63) is 71.5 Å². The Balaban J connectivity index is 1.84. The van der Waals surface area contributed by atoms with Crippen molar-refractivity contribution in [2.75, 3.05) is 33.8 Å². The molecule has 0 amide bonds. The summed E-state index contributed by atoms with van der Waals surface area (Å²) in [6.07, 6.45) is 2.53. The van der Waals surface area contributed by atoms with Gasteiger partial charge < -0.3 is 24.8 Å². The summed E-state index contributed by atoms with van der Waals surface area (Å²) in [5, 5.41) is 6.91. The maximum Gasteiger partial charge on any atom is 0.406 e. The van der Waals surface area contributed by atoms with Gasteiger partial charge in [-0.2, -0.15) is 13.2 Å². The monoisotopic (exact) mass is 518 g/mol. The first-order chi connectivity index (χ1) is 17.6. The smallest absolute Gasteiger partial charge is 0.406 e. The first-order valence-electron chi connectivity index (χ1n) is 12.2. The number of methoxy groups -OCH3 is 1. The number of rotatable bonds is 9. The zero-order valence-electron chi connectivity index (χ0n) is 21.5. The quantitative estimate of drug-likeness (QED) is 0.210. The van der Waals surface area contributed by atoms with E-state index in [1.165, 1.54) is 19.2 Å². The van der Waals surface area contributed by atoms with Gasteiger partial charge in [0.1, 0.15) is 18.1 Å². The van der Waals surface area contributed by atoms with Gasteiger partial charge in [-0.25, -0.2) is 4.39 Å². The molecule has 5 nitrogen and oxygen atoms in total. The highest BCUT2D eigenvalue weighted by Gasteiger charge is 2.30. The molecule has 0 radical (unpaired) electrons. The van der Waals surface area contributed by atoms with Crippen LogP contribution in [0.5, 0.6) is 0 Å². The molecule has 37 heavy (non-hydrogen) atoms. The van der Waals surface area contributed by atoms with Crippen LogP contribution in [0.2, 0.25) is 0 Å². The van der Waals surface area contributed by atoms with E-state index in [2.05, 4.69) is 41.0 Å². The predicted molar refractivity (Wildman–Crippen MR) is 139 cm³/mol. The molecule has 2 N–H and O–H groups in total. The Hall–Kier alpha value is -3.22. The summed E-state index contributed by atoms with van der Waals surface area (Å²) in [7, 11) is 3.61. The third-order valence-corrected chi connectivity index (χ3v) is 6.27. The van der Waals surface area contributed by atoms with Crippen LogP contribution in [0.15, 0.2) is 54.5 Å². The highest BCUT2D eigenvalue weighted by Crippen LogP contribution is 2.28. The number of likely N-dealkylation sites (tertiary alicyclic amines) is 1. The maximum absolute atomic E-state index is 15.1. The van der Waals surface area contributed by atoms with Gasteiger partial charge in [0.2, 0.25) is 0 Å². The van der Waals surface area contributed by atoms with Crippen molar-refractivity contribution in [2.45, 2.75) is 45.1 Å². The van der Waals surface area contributed by atoms with E-state index in [-0.39, 0.29) is 17.8 Å². The normalized spacial score (nSPS) is 16.0. The number of hydrogen-bond acceptors (Lipinski definition) is 4. The topological polar surface area (TPSA) is 41.5 Å². The van der Waals surface area contributed by atoms with E-state index in [9.17, 15) is 13.2 Å². The molecule has 1 aromatic carbocycles. The van der Waals surface area contributed by atoms with E-state index in [1.807, 2.05) is 6.92 Å². The van der Waals surface area contributed by atoms with E-state index in [0.29, 0.717) is 35.0 Å². The van der Waals surface area contributed by atoms with E-state index in [4.69, 9.17) is 4.74 Å². The molecule has 200 valence electrons. The number of allylic oxidation sites excluding steroid dienone is 3. The summed E-state index contributed by atoms with van der Waals surface area (Å²) in [6.45, 7) is 6.73. The molecule has 2 aromatic rings. The van der Waals surface area contributed by atoms with Crippen molar-refractivity contribution in [1.82, 2.24) is 20.1 Å². The fourth-order valence-corrected chi connectivity index (χ4v) is 4.45. The van der Waals surface area contributed by atoms with Gasteiger partial charge in [0, 0.05) is 18.0 Å². The zero-order chi connectivity index (χ0) is 27.0. The lowest BCUT2D eigenvalue weighted by Crippen LogP contribution is -2.40. The molecule has 0 saturated carbocycles. The number of piperidine rings is 1. The van der Waals surface area contributed by atoms with Crippen molar-refractivity contribution in [3.63, 3.8) is 0 Å². The molecule has 1 aliphatic heterocycles. The number of ether oxygens (including phenoxy) is 1. The van der Waals surface area contributed by atoms with Gasteiger partial charge in [-0.1, -0.05) is 18.6 Å². The molecule has 2 heterocycles. The van der Waals surface area contributed by atoms with Gasteiger partial charge >= 0.3 is 6.18 Å². The van der Waals surface area contributed by atoms with E-state index in [1.54, 1.807) is 24.3 Å². The molecule has 0 spiro atoms.